The van der Waals surface area contributed by atoms with E-state index in [9.17, 15) is 4.79 Å². The van der Waals surface area contributed by atoms with E-state index in [0.29, 0.717) is 12.1 Å². The number of carbonyl (C=O) groups excluding carboxylic acids is 1. The van der Waals surface area contributed by atoms with Gasteiger partial charge in [0.25, 0.3) is 5.91 Å². The molecule has 1 aromatic carbocycles. The molecule has 1 fully saturated rings. The highest BCUT2D eigenvalue weighted by atomic mass is 16.5. The summed E-state index contributed by atoms with van der Waals surface area (Å²) < 4.78 is 5.20. The highest BCUT2D eigenvalue weighted by Gasteiger charge is 2.31. The minimum Gasteiger partial charge on any atom is -0.383 e. The lowest BCUT2D eigenvalue weighted by Gasteiger charge is -2.44. The lowest BCUT2D eigenvalue weighted by molar-refractivity contribution is 0.0193. The average Bonchev–Trinajstić information content (AvgIpc) is 2.52. The maximum Gasteiger partial charge on any atom is 0.253 e. The summed E-state index contributed by atoms with van der Waals surface area (Å²) in [5.41, 5.74) is 2.15. The summed E-state index contributed by atoms with van der Waals surface area (Å²) in [6, 6.07) is 8.79. The highest BCUT2D eigenvalue weighted by Crippen LogP contribution is 2.23. The van der Waals surface area contributed by atoms with E-state index in [0.717, 1.165) is 31.8 Å². The Morgan fingerprint density at radius 2 is 1.67 bits per heavy atom. The molecule has 0 radical (unpaired) electrons. The van der Waals surface area contributed by atoms with Crippen molar-refractivity contribution in [2.45, 2.75) is 52.1 Å². The van der Waals surface area contributed by atoms with Gasteiger partial charge in [-0.15, -0.1) is 0 Å². The molecule has 2 rings (SSSR count). The fourth-order valence-electron chi connectivity index (χ4n) is 3.46. The Hall–Kier alpha value is -1.39. The van der Waals surface area contributed by atoms with Gasteiger partial charge < -0.3 is 9.64 Å². The molecule has 0 bridgehead atoms. The summed E-state index contributed by atoms with van der Waals surface area (Å²) in [5.74, 6) is 0.139. The Labute approximate surface area is 146 Å². The van der Waals surface area contributed by atoms with E-state index in [4.69, 9.17) is 4.74 Å². The summed E-state index contributed by atoms with van der Waals surface area (Å²) >= 11 is 0. The lowest BCUT2D eigenvalue weighted by atomic mass is 9.86. The third-order valence-electron chi connectivity index (χ3n) is 4.94. The molecule has 1 amide bonds. The number of rotatable bonds is 4. The third kappa shape index (κ3) is 4.37. The van der Waals surface area contributed by atoms with E-state index in [2.05, 4.69) is 51.7 Å². The van der Waals surface area contributed by atoms with Crippen LogP contribution in [0.25, 0.3) is 0 Å². The zero-order valence-electron chi connectivity index (χ0n) is 16.0. The third-order valence-corrected chi connectivity index (χ3v) is 4.94. The van der Waals surface area contributed by atoms with E-state index in [-0.39, 0.29) is 11.3 Å². The molecule has 1 aliphatic heterocycles. The number of ether oxygens (including phenoxy) is 1. The van der Waals surface area contributed by atoms with Gasteiger partial charge in [0.2, 0.25) is 0 Å². The van der Waals surface area contributed by atoms with Gasteiger partial charge in [0.05, 0.1) is 6.61 Å². The van der Waals surface area contributed by atoms with E-state index in [1.54, 1.807) is 7.11 Å². The zero-order chi connectivity index (χ0) is 17.9. The van der Waals surface area contributed by atoms with Crippen LogP contribution in [0.5, 0.6) is 0 Å². The second-order valence-corrected chi connectivity index (χ2v) is 7.97. The Morgan fingerprint density at radius 3 is 2.12 bits per heavy atom. The minimum absolute atomic E-state index is 0.109. The van der Waals surface area contributed by atoms with Gasteiger partial charge >= 0.3 is 0 Å². The summed E-state index contributed by atoms with van der Waals surface area (Å²) in [6.45, 7) is 14.1. The molecule has 1 aromatic rings. The van der Waals surface area contributed by atoms with Crippen molar-refractivity contribution < 1.29 is 9.53 Å². The molecule has 0 N–H and O–H groups in total. The largest absolute Gasteiger partial charge is 0.383 e. The number of hydrogen-bond acceptors (Lipinski definition) is 3. The van der Waals surface area contributed by atoms with E-state index in [1.165, 1.54) is 5.56 Å². The first-order valence-corrected chi connectivity index (χ1v) is 8.88. The quantitative estimate of drug-likeness (QED) is 0.849. The van der Waals surface area contributed by atoms with Crippen molar-refractivity contribution in [1.29, 1.82) is 0 Å². The van der Waals surface area contributed by atoms with Crippen LogP contribution >= 0.6 is 0 Å². The van der Waals surface area contributed by atoms with Crippen LogP contribution in [-0.2, 0) is 10.2 Å². The lowest BCUT2D eigenvalue weighted by Crippen LogP contribution is -2.58. The average molecular weight is 332 g/mol. The topological polar surface area (TPSA) is 32.8 Å². The van der Waals surface area contributed by atoms with Crippen molar-refractivity contribution in [3.05, 3.63) is 35.4 Å². The van der Waals surface area contributed by atoms with Crippen LogP contribution < -0.4 is 0 Å². The molecule has 2 atom stereocenters. The van der Waals surface area contributed by atoms with Gasteiger partial charge in [-0.2, -0.15) is 0 Å². The molecule has 24 heavy (non-hydrogen) atoms. The molecule has 0 aliphatic carbocycles. The van der Waals surface area contributed by atoms with Crippen molar-refractivity contribution in [2.24, 2.45) is 0 Å². The van der Waals surface area contributed by atoms with Gasteiger partial charge in [0, 0.05) is 44.4 Å². The van der Waals surface area contributed by atoms with Crippen LogP contribution in [-0.4, -0.2) is 61.1 Å². The second-order valence-electron chi connectivity index (χ2n) is 7.97. The molecule has 1 saturated heterocycles. The van der Waals surface area contributed by atoms with E-state index in [1.807, 2.05) is 17.0 Å². The van der Waals surface area contributed by atoms with Gasteiger partial charge in [0.15, 0.2) is 0 Å². The molecule has 4 heteroatoms. The van der Waals surface area contributed by atoms with Crippen LogP contribution in [0.3, 0.4) is 0 Å². The molecule has 1 aliphatic rings. The van der Waals surface area contributed by atoms with Gasteiger partial charge in [-0.3, -0.25) is 9.69 Å². The van der Waals surface area contributed by atoms with Gasteiger partial charge in [-0.25, -0.2) is 0 Å². The van der Waals surface area contributed by atoms with Crippen LogP contribution in [0.1, 0.15) is 50.5 Å². The molecule has 0 saturated carbocycles. The predicted octanol–water partition coefficient (Wildman–Crippen LogP) is 3.17. The molecule has 1 heterocycles. The van der Waals surface area contributed by atoms with Gasteiger partial charge in [0.1, 0.15) is 0 Å². The smallest absolute Gasteiger partial charge is 0.253 e. The van der Waals surface area contributed by atoms with Crippen LogP contribution in [0.15, 0.2) is 24.3 Å². The first-order valence-electron chi connectivity index (χ1n) is 8.88. The van der Waals surface area contributed by atoms with Crippen molar-refractivity contribution in [1.82, 2.24) is 9.80 Å². The van der Waals surface area contributed by atoms with Crippen molar-refractivity contribution in [2.75, 3.05) is 33.4 Å². The van der Waals surface area contributed by atoms with E-state index >= 15 is 0 Å². The number of nitrogens with zero attached hydrogens (tertiary/aromatic N) is 2. The summed E-state index contributed by atoms with van der Waals surface area (Å²) in [7, 11) is 1.73. The molecular formula is C20H32N2O2. The zero-order valence-corrected chi connectivity index (χ0v) is 16.0. The van der Waals surface area contributed by atoms with E-state index < -0.39 is 0 Å². The number of benzene rings is 1. The molecule has 4 nitrogen and oxygen atoms in total. The number of carbonyl (C=O) groups is 1. The standard InChI is InChI=1S/C20H32N2O2/c1-15-13-21(14-16(2)22(15)11-12-24-6)19(23)17-7-9-18(10-8-17)20(3,4)5/h7-10,15-16H,11-14H2,1-6H3. The fourth-order valence-corrected chi connectivity index (χ4v) is 3.46. The SMILES string of the molecule is COCCN1C(C)CN(C(=O)c2ccc(C(C)(C)C)cc2)CC1C. The number of amides is 1. The highest BCUT2D eigenvalue weighted by molar-refractivity contribution is 5.94. The molecular weight excluding hydrogens is 300 g/mol. The maximum atomic E-state index is 12.9. The molecule has 2 unspecified atom stereocenters. The fraction of sp³-hybridized carbons (Fsp3) is 0.650. The van der Waals surface area contributed by atoms with Crippen LogP contribution in [0.4, 0.5) is 0 Å². The van der Waals surface area contributed by atoms with Crippen molar-refractivity contribution in [3.63, 3.8) is 0 Å². The molecule has 134 valence electrons. The Kier molecular flexibility index (Phi) is 6.05. The summed E-state index contributed by atoms with van der Waals surface area (Å²) in [5, 5.41) is 0. The van der Waals surface area contributed by atoms with Crippen LogP contribution in [0.2, 0.25) is 0 Å². The van der Waals surface area contributed by atoms with Crippen molar-refractivity contribution >= 4 is 5.91 Å². The molecule has 0 spiro atoms. The minimum atomic E-state index is 0.109. The monoisotopic (exact) mass is 332 g/mol. The van der Waals surface area contributed by atoms with Gasteiger partial charge in [-0.1, -0.05) is 32.9 Å². The Bertz CT molecular complexity index is 536. The Morgan fingerprint density at radius 1 is 1.12 bits per heavy atom. The number of hydrogen-bond donors (Lipinski definition) is 0. The number of piperazine rings is 1. The second kappa shape index (κ2) is 7.66. The van der Waals surface area contributed by atoms with Crippen LogP contribution in [0, 0.1) is 0 Å². The summed E-state index contributed by atoms with van der Waals surface area (Å²) in [6.07, 6.45) is 0. The summed E-state index contributed by atoms with van der Waals surface area (Å²) in [4.78, 5) is 17.3. The maximum absolute atomic E-state index is 12.9. The molecule has 0 aromatic heterocycles. The normalized spacial score (nSPS) is 22.7. The van der Waals surface area contributed by atoms with Gasteiger partial charge in [-0.05, 0) is 37.0 Å². The van der Waals surface area contributed by atoms with Crippen molar-refractivity contribution in [3.8, 4) is 0 Å². The predicted molar refractivity (Wildman–Crippen MR) is 98.6 cm³/mol. The first kappa shape index (κ1) is 18.9. The number of methoxy groups -OCH3 is 1. The first-order chi connectivity index (χ1) is 11.2. The Balaban J connectivity index is 2.05.